The Morgan fingerprint density at radius 3 is 2.41 bits per heavy atom. The number of nitrogens with zero attached hydrogens (tertiary/aromatic N) is 4. The molecule has 0 bridgehead atoms. The molecule has 0 fully saturated rings. The van der Waals surface area contributed by atoms with E-state index in [1.54, 1.807) is 47.7 Å². The van der Waals surface area contributed by atoms with Gasteiger partial charge in [0.15, 0.2) is 0 Å². The summed E-state index contributed by atoms with van der Waals surface area (Å²) in [5.74, 6) is -0.844. The van der Waals surface area contributed by atoms with Crippen molar-refractivity contribution in [3.63, 3.8) is 0 Å². The molecule has 0 saturated heterocycles. The summed E-state index contributed by atoms with van der Waals surface area (Å²) in [5.41, 5.74) is 1.33. The number of anilines is 1. The molecule has 0 amide bonds. The minimum Gasteiger partial charge on any atom is -0.492 e. The van der Waals surface area contributed by atoms with E-state index in [0.717, 1.165) is 5.69 Å². The maximum absolute atomic E-state index is 12.7. The summed E-state index contributed by atoms with van der Waals surface area (Å²) in [6.45, 7) is 2.27. The third-order valence-corrected chi connectivity index (χ3v) is 4.11. The maximum atomic E-state index is 12.7. The Morgan fingerprint density at radius 2 is 1.76 bits per heavy atom. The Morgan fingerprint density at radius 1 is 1.03 bits per heavy atom. The van der Waals surface area contributed by atoms with Crippen molar-refractivity contribution in [1.29, 1.82) is 0 Å². The lowest BCUT2D eigenvalue weighted by Gasteiger charge is -2.25. The number of esters is 2. The van der Waals surface area contributed by atoms with Gasteiger partial charge < -0.3 is 19.1 Å². The van der Waals surface area contributed by atoms with Crippen LogP contribution in [-0.2, 0) is 19.1 Å². The maximum Gasteiger partial charge on any atom is 0.355 e. The smallest absolute Gasteiger partial charge is 0.355 e. The third kappa shape index (κ3) is 4.03. The van der Waals surface area contributed by atoms with Crippen LogP contribution in [0.5, 0.6) is 5.75 Å². The molecule has 2 heterocycles. The van der Waals surface area contributed by atoms with Crippen molar-refractivity contribution in [2.45, 2.75) is 6.92 Å². The Hall–Kier alpha value is -3.88. The fourth-order valence-electron chi connectivity index (χ4n) is 2.82. The highest BCUT2D eigenvalue weighted by atomic mass is 16.5. The summed E-state index contributed by atoms with van der Waals surface area (Å²) in [5, 5.41) is 7.63. The average Bonchev–Trinajstić information content (AvgIpc) is 3.19. The van der Waals surface area contributed by atoms with Gasteiger partial charge in [-0.1, -0.05) is 6.08 Å². The number of benzene rings is 1. The summed E-state index contributed by atoms with van der Waals surface area (Å²) < 4.78 is 17.3. The van der Waals surface area contributed by atoms with Crippen LogP contribution in [0.1, 0.15) is 6.92 Å². The summed E-state index contributed by atoms with van der Waals surface area (Å²) in [6.07, 6.45) is 9.58. The van der Waals surface area contributed by atoms with Gasteiger partial charge >= 0.3 is 11.9 Å². The molecule has 1 aromatic carbocycles. The van der Waals surface area contributed by atoms with Crippen LogP contribution in [0.2, 0.25) is 0 Å². The van der Waals surface area contributed by atoms with Gasteiger partial charge in [-0.3, -0.25) is 4.57 Å². The Bertz CT molecular complexity index is 992. The third-order valence-electron chi connectivity index (χ3n) is 4.11. The van der Waals surface area contributed by atoms with Crippen LogP contribution in [-0.4, -0.2) is 47.5 Å². The van der Waals surface area contributed by atoms with E-state index in [4.69, 9.17) is 14.2 Å². The minimum atomic E-state index is -0.696. The van der Waals surface area contributed by atoms with Gasteiger partial charge in [0, 0.05) is 6.20 Å². The lowest BCUT2D eigenvalue weighted by Crippen LogP contribution is -2.27. The number of hydrogen-bond acceptors (Lipinski definition) is 8. The van der Waals surface area contributed by atoms with Gasteiger partial charge in [0.25, 0.3) is 0 Å². The Kier molecular flexibility index (Phi) is 6.08. The van der Waals surface area contributed by atoms with Gasteiger partial charge in [-0.05, 0) is 37.3 Å². The number of carbonyl (C=O) groups excluding carboxylic acids is 2. The van der Waals surface area contributed by atoms with E-state index in [9.17, 15) is 9.59 Å². The fraction of sp³-hybridized carbons (Fsp3) is 0.200. The second-order valence-electron chi connectivity index (χ2n) is 5.77. The van der Waals surface area contributed by atoms with Crippen molar-refractivity contribution in [1.82, 2.24) is 14.8 Å². The molecular formula is C20H20N4O5. The highest BCUT2D eigenvalue weighted by molar-refractivity contribution is 6.05. The van der Waals surface area contributed by atoms with Crippen LogP contribution in [0.15, 0.2) is 66.6 Å². The van der Waals surface area contributed by atoms with Gasteiger partial charge in [-0.25, -0.2) is 9.59 Å². The standard InChI is InChI=1S/C20H20N4O5/c1-4-29-17-9-8-14(23-12-21-22-13-23)11-16(17)24-10-6-5-7-15(19(25)27-2)18(24)20(26)28-3/h5-13H,4H2,1-3H3. The van der Waals surface area contributed by atoms with E-state index in [-0.39, 0.29) is 11.3 Å². The van der Waals surface area contributed by atoms with Crippen molar-refractivity contribution < 1.29 is 23.8 Å². The van der Waals surface area contributed by atoms with Crippen molar-refractivity contribution in [2.75, 3.05) is 25.7 Å². The van der Waals surface area contributed by atoms with E-state index < -0.39 is 11.9 Å². The quantitative estimate of drug-likeness (QED) is 0.686. The van der Waals surface area contributed by atoms with E-state index in [0.29, 0.717) is 18.0 Å². The molecule has 0 unspecified atom stereocenters. The predicted molar refractivity (Wildman–Crippen MR) is 104 cm³/mol. The minimum absolute atomic E-state index is 0.00575. The molecule has 3 rings (SSSR count). The second-order valence-corrected chi connectivity index (χ2v) is 5.77. The van der Waals surface area contributed by atoms with Crippen molar-refractivity contribution >= 4 is 17.6 Å². The first-order valence-electron chi connectivity index (χ1n) is 8.77. The number of allylic oxidation sites excluding steroid dienone is 2. The second kappa shape index (κ2) is 8.87. The molecule has 1 aromatic heterocycles. The highest BCUT2D eigenvalue weighted by Gasteiger charge is 2.29. The normalized spacial score (nSPS) is 13.3. The average molecular weight is 396 g/mol. The van der Waals surface area contributed by atoms with Crippen LogP contribution in [0, 0.1) is 0 Å². The van der Waals surface area contributed by atoms with E-state index in [1.165, 1.54) is 25.2 Å². The number of carbonyl (C=O) groups is 2. The molecule has 9 heteroatoms. The summed E-state index contributed by atoms with van der Waals surface area (Å²) in [7, 11) is 2.50. The molecule has 2 aromatic rings. The first-order valence-corrected chi connectivity index (χ1v) is 8.77. The van der Waals surface area contributed by atoms with Gasteiger partial charge in [0.2, 0.25) is 0 Å². The molecule has 9 nitrogen and oxygen atoms in total. The lowest BCUT2D eigenvalue weighted by atomic mass is 10.1. The largest absolute Gasteiger partial charge is 0.492 e. The summed E-state index contributed by atoms with van der Waals surface area (Å²) >= 11 is 0. The molecule has 0 saturated carbocycles. The van der Waals surface area contributed by atoms with Crippen LogP contribution < -0.4 is 9.64 Å². The van der Waals surface area contributed by atoms with Crippen LogP contribution in [0.4, 0.5) is 5.69 Å². The molecule has 29 heavy (non-hydrogen) atoms. The predicted octanol–water partition coefficient (Wildman–Crippen LogP) is 2.16. The van der Waals surface area contributed by atoms with Gasteiger partial charge in [-0.2, -0.15) is 0 Å². The van der Waals surface area contributed by atoms with Crippen molar-refractivity contribution in [3.8, 4) is 11.4 Å². The molecule has 1 aliphatic heterocycles. The van der Waals surface area contributed by atoms with Crippen LogP contribution in [0.3, 0.4) is 0 Å². The van der Waals surface area contributed by atoms with Crippen molar-refractivity contribution in [2.24, 2.45) is 0 Å². The summed E-state index contributed by atoms with van der Waals surface area (Å²) in [6, 6.07) is 5.40. The van der Waals surface area contributed by atoms with Gasteiger partial charge in [0.1, 0.15) is 24.1 Å². The molecule has 0 atom stereocenters. The van der Waals surface area contributed by atoms with Crippen molar-refractivity contribution in [3.05, 3.63) is 66.6 Å². The van der Waals surface area contributed by atoms with E-state index >= 15 is 0 Å². The zero-order valence-corrected chi connectivity index (χ0v) is 16.2. The fourth-order valence-corrected chi connectivity index (χ4v) is 2.82. The van der Waals surface area contributed by atoms with Gasteiger partial charge in [-0.15, -0.1) is 10.2 Å². The Labute approximate surface area is 167 Å². The van der Waals surface area contributed by atoms with E-state index in [2.05, 4.69) is 10.2 Å². The molecule has 0 N–H and O–H groups in total. The number of rotatable bonds is 6. The summed E-state index contributed by atoms with van der Waals surface area (Å²) in [4.78, 5) is 26.5. The number of methoxy groups -OCH3 is 2. The zero-order chi connectivity index (χ0) is 20.8. The first kappa shape index (κ1) is 19.9. The van der Waals surface area contributed by atoms with Gasteiger partial charge in [0.05, 0.1) is 37.8 Å². The first-order chi connectivity index (χ1) is 14.1. The molecule has 0 radical (unpaired) electrons. The SMILES string of the molecule is CCOc1ccc(-n2cnnc2)cc1N1C=CC=CC(C(=O)OC)=C1C(=O)OC. The topological polar surface area (TPSA) is 95.8 Å². The molecule has 0 aliphatic carbocycles. The molecule has 0 spiro atoms. The molecule has 1 aliphatic rings. The van der Waals surface area contributed by atoms with Crippen LogP contribution >= 0.6 is 0 Å². The highest BCUT2D eigenvalue weighted by Crippen LogP contribution is 2.35. The number of aromatic nitrogens is 3. The molecular weight excluding hydrogens is 376 g/mol. The molecule has 150 valence electrons. The lowest BCUT2D eigenvalue weighted by molar-refractivity contribution is -0.139. The monoisotopic (exact) mass is 396 g/mol. The van der Waals surface area contributed by atoms with Crippen LogP contribution in [0.25, 0.3) is 5.69 Å². The number of ether oxygens (including phenoxy) is 3. The number of hydrogen-bond donors (Lipinski definition) is 0. The zero-order valence-electron chi connectivity index (χ0n) is 16.2. The Balaban J connectivity index is 2.23. The van der Waals surface area contributed by atoms with E-state index in [1.807, 2.05) is 13.0 Å².